The molecule has 0 radical (unpaired) electrons. The Morgan fingerprint density at radius 1 is 1.28 bits per heavy atom. The average Bonchev–Trinajstić information content (AvgIpc) is 3.21. The van der Waals surface area contributed by atoms with Crippen LogP contribution in [0.5, 0.6) is 11.5 Å². The van der Waals surface area contributed by atoms with Crippen LogP contribution in [0.15, 0.2) is 39.4 Å². The van der Waals surface area contributed by atoms with E-state index in [0.717, 1.165) is 15.2 Å². The summed E-state index contributed by atoms with van der Waals surface area (Å²) in [6.07, 6.45) is 1.47. The summed E-state index contributed by atoms with van der Waals surface area (Å²) in [5, 5.41) is 3.55. The molecule has 0 spiro atoms. The van der Waals surface area contributed by atoms with E-state index in [1.165, 1.54) is 36.5 Å². The second-order valence-corrected chi connectivity index (χ2v) is 8.24. The van der Waals surface area contributed by atoms with Crippen molar-refractivity contribution in [3.8, 4) is 11.5 Å². The first kappa shape index (κ1) is 21.3. The minimum absolute atomic E-state index is 0.0958. The lowest BCUT2D eigenvalue weighted by Crippen LogP contribution is -2.42. The topological polar surface area (TPSA) is 102 Å². The minimum Gasteiger partial charge on any atom is -0.493 e. The molecule has 29 heavy (non-hydrogen) atoms. The van der Waals surface area contributed by atoms with Gasteiger partial charge in [-0.05, 0) is 46.4 Å². The number of nitrogens with one attached hydrogen (secondary N) is 2. The van der Waals surface area contributed by atoms with Crippen LogP contribution in [-0.2, 0) is 4.79 Å². The third kappa shape index (κ3) is 5.17. The largest absolute Gasteiger partial charge is 0.493 e. The van der Waals surface area contributed by atoms with Crippen LogP contribution in [0.4, 0.5) is 0 Å². The minimum atomic E-state index is -0.479. The van der Waals surface area contributed by atoms with Gasteiger partial charge >= 0.3 is 0 Å². The molecule has 2 heterocycles. The maximum absolute atomic E-state index is 12.4. The molecule has 152 valence electrons. The summed E-state index contributed by atoms with van der Waals surface area (Å²) >= 11 is 6.15. The fourth-order valence-corrected chi connectivity index (χ4v) is 4.52. The Morgan fingerprint density at radius 3 is 2.86 bits per heavy atom. The van der Waals surface area contributed by atoms with Gasteiger partial charge in [0, 0.05) is 10.9 Å². The summed E-state index contributed by atoms with van der Waals surface area (Å²) in [7, 11) is 1.49. The Balaban J connectivity index is 1.58. The van der Waals surface area contributed by atoms with Crippen molar-refractivity contribution in [1.29, 1.82) is 0 Å². The maximum atomic E-state index is 12.4. The van der Waals surface area contributed by atoms with E-state index in [4.69, 9.17) is 9.47 Å². The predicted molar refractivity (Wildman–Crippen MR) is 116 cm³/mol. The zero-order valence-corrected chi connectivity index (χ0v) is 18.7. The summed E-state index contributed by atoms with van der Waals surface area (Å²) in [5.41, 5.74) is 5.11. The SMILES string of the molecule is CCOc1c(Br)cc(C(=O)NNC(=O)CSc2ncnc3sccc23)cc1OC. The molecule has 0 aliphatic rings. The average molecular weight is 497 g/mol. The molecule has 0 unspecified atom stereocenters. The van der Waals surface area contributed by atoms with E-state index in [2.05, 4.69) is 36.7 Å². The third-order valence-electron chi connectivity index (χ3n) is 3.66. The van der Waals surface area contributed by atoms with Crippen LogP contribution in [0, 0.1) is 0 Å². The molecular weight excluding hydrogens is 480 g/mol. The summed E-state index contributed by atoms with van der Waals surface area (Å²) in [5.74, 6) is 0.182. The van der Waals surface area contributed by atoms with Gasteiger partial charge in [0.05, 0.1) is 23.9 Å². The number of thiophene rings is 1. The van der Waals surface area contributed by atoms with Crippen LogP contribution in [0.25, 0.3) is 10.2 Å². The van der Waals surface area contributed by atoms with E-state index >= 15 is 0 Å². The number of hydrogen-bond acceptors (Lipinski definition) is 8. The number of rotatable bonds is 7. The van der Waals surface area contributed by atoms with Crippen LogP contribution < -0.4 is 20.3 Å². The van der Waals surface area contributed by atoms with Crippen LogP contribution in [0.1, 0.15) is 17.3 Å². The first-order valence-electron chi connectivity index (χ1n) is 8.44. The van der Waals surface area contributed by atoms with Crippen molar-refractivity contribution in [2.45, 2.75) is 11.9 Å². The Kier molecular flexibility index (Phi) is 7.29. The van der Waals surface area contributed by atoms with Gasteiger partial charge in [0.25, 0.3) is 5.91 Å². The van der Waals surface area contributed by atoms with Crippen molar-refractivity contribution in [3.05, 3.63) is 39.9 Å². The second-order valence-electron chi connectivity index (χ2n) is 5.53. The van der Waals surface area contributed by atoms with Crippen molar-refractivity contribution in [3.63, 3.8) is 0 Å². The quantitative estimate of drug-likeness (QED) is 0.293. The maximum Gasteiger partial charge on any atom is 0.269 e. The molecule has 3 aromatic rings. The van der Waals surface area contributed by atoms with Crippen LogP contribution >= 0.6 is 39.0 Å². The molecule has 8 nitrogen and oxygen atoms in total. The number of aromatic nitrogens is 2. The normalized spacial score (nSPS) is 10.6. The highest BCUT2D eigenvalue weighted by atomic mass is 79.9. The first-order valence-corrected chi connectivity index (χ1v) is 11.1. The van der Waals surface area contributed by atoms with Gasteiger partial charge in [0.2, 0.25) is 5.91 Å². The number of fused-ring (bicyclic) bond motifs is 1. The van der Waals surface area contributed by atoms with Crippen LogP contribution in [-0.4, -0.2) is 41.3 Å². The molecule has 0 saturated heterocycles. The fourth-order valence-electron chi connectivity index (χ4n) is 2.39. The van der Waals surface area contributed by atoms with E-state index in [9.17, 15) is 9.59 Å². The number of hydrazine groups is 1. The zero-order valence-electron chi connectivity index (χ0n) is 15.5. The third-order valence-corrected chi connectivity index (χ3v) is 6.08. The van der Waals surface area contributed by atoms with Gasteiger partial charge in [0.1, 0.15) is 16.2 Å². The smallest absolute Gasteiger partial charge is 0.269 e. The Morgan fingerprint density at radius 2 is 2.10 bits per heavy atom. The van der Waals surface area contributed by atoms with Crippen molar-refractivity contribution in [2.24, 2.45) is 0 Å². The van der Waals surface area contributed by atoms with Gasteiger partial charge in [-0.3, -0.25) is 20.4 Å². The molecule has 0 bridgehead atoms. The van der Waals surface area contributed by atoms with E-state index in [1.54, 1.807) is 12.1 Å². The summed E-state index contributed by atoms with van der Waals surface area (Å²) in [6.45, 7) is 2.31. The highest BCUT2D eigenvalue weighted by Crippen LogP contribution is 2.36. The van der Waals surface area contributed by atoms with Crippen molar-refractivity contribution in [1.82, 2.24) is 20.8 Å². The second kappa shape index (κ2) is 9.90. The molecule has 3 rings (SSSR count). The molecule has 2 aromatic heterocycles. The molecule has 0 aliphatic carbocycles. The lowest BCUT2D eigenvalue weighted by Gasteiger charge is -2.13. The number of thioether (sulfide) groups is 1. The molecule has 0 fully saturated rings. The van der Waals surface area contributed by atoms with Gasteiger partial charge in [-0.2, -0.15) is 0 Å². The number of carbonyl (C=O) groups excluding carboxylic acids is 2. The molecule has 0 atom stereocenters. The molecule has 2 N–H and O–H groups in total. The highest BCUT2D eigenvalue weighted by Gasteiger charge is 2.16. The zero-order chi connectivity index (χ0) is 20.8. The number of amides is 2. The highest BCUT2D eigenvalue weighted by molar-refractivity contribution is 9.10. The van der Waals surface area contributed by atoms with E-state index in [-0.39, 0.29) is 11.7 Å². The van der Waals surface area contributed by atoms with Crippen LogP contribution in [0.2, 0.25) is 0 Å². The molecule has 11 heteroatoms. The van der Waals surface area contributed by atoms with E-state index < -0.39 is 5.91 Å². The summed E-state index contributed by atoms with van der Waals surface area (Å²) < 4.78 is 11.4. The van der Waals surface area contributed by atoms with E-state index in [0.29, 0.717) is 28.1 Å². The number of halogens is 1. The van der Waals surface area contributed by atoms with Gasteiger partial charge in [0.15, 0.2) is 11.5 Å². The Hall–Kier alpha value is -2.37. The summed E-state index contributed by atoms with van der Waals surface area (Å²) in [6, 6.07) is 5.05. The molecule has 0 aliphatic heterocycles. The summed E-state index contributed by atoms with van der Waals surface area (Å²) in [4.78, 5) is 33.7. The molecule has 1 aromatic carbocycles. The number of benzene rings is 1. The predicted octanol–water partition coefficient (Wildman–Crippen LogP) is 3.41. The number of hydrogen-bond donors (Lipinski definition) is 2. The monoisotopic (exact) mass is 496 g/mol. The fraction of sp³-hybridized carbons (Fsp3) is 0.222. The molecular formula is C18H17BrN4O4S2. The standard InChI is InChI=1S/C18H17BrN4O4S2/c1-3-27-15-12(19)6-10(7-13(15)26-2)16(25)23-22-14(24)8-29-18-11-4-5-28-17(11)20-9-21-18/h4-7,9H,3,8H2,1-2H3,(H,22,24)(H,23,25). The van der Waals surface area contributed by atoms with Crippen molar-refractivity contribution in [2.75, 3.05) is 19.5 Å². The van der Waals surface area contributed by atoms with Gasteiger partial charge in [-0.15, -0.1) is 11.3 Å². The number of carbonyl (C=O) groups is 2. The van der Waals surface area contributed by atoms with Crippen LogP contribution in [0.3, 0.4) is 0 Å². The number of methoxy groups -OCH3 is 1. The number of nitrogens with zero attached hydrogens (tertiary/aromatic N) is 2. The molecule has 2 amide bonds. The van der Waals surface area contributed by atoms with Gasteiger partial charge in [-0.25, -0.2) is 9.97 Å². The Bertz CT molecular complexity index is 1040. The Labute approximate surface area is 183 Å². The molecule has 0 saturated carbocycles. The van der Waals surface area contributed by atoms with Crippen molar-refractivity contribution < 1.29 is 19.1 Å². The van der Waals surface area contributed by atoms with Gasteiger partial charge in [-0.1, -0.05) is 11.8 Å². The lowest BCUT2D eigenvalue weighted by atomic mass is 10.2. The first-order chi connectivity index (χ1) is 14.0. The van der Waals surface area contributed by atoms with Crippen molar-refractivity contribution >= 4 is 61.1 Å². The lowest BCUT2D eigenvalue weighted by molar-refractivity contribution is -0.119. The van der Waals surface area contributed by atoms with E-state index in [1.807, 2.05) is 18.4 Å². The van der Waals surface area contributed by atoms with Gasteiger partial charge < -0.3 is 9.47 Å². The number of ether oxygens (including phenoxy) is 2.